The number of imide groups is 1. The van der Waals surface area contributed by atoms with Crippen LogP contribution in [0, 0.1) is 51.9 Å². The Morgan fingerprint density at radius 1 is 0.474 bits per heavy atom. The van der Waals surface area contributed by atoms with Crippen molar-refractivity contribution in [2.45, 2.75) is 60.8 Å². The Morgan fingerprint density at radius 2 is 0.832 bits per heavy atom. The van der Waals surface area contributed by atoms with Crippen LogP contribution in [0.25, 0.3) is 0 Å². The fourth-order valence-corrected chi connectivity index (χ4v) is 13.5. The number of oxime groups is 1. The summed E-state index contributed by atoms with van der Waals surface area (Å²) in [5.41, 5.74) is 6.40. The SMILES string of the molecule is COc1cc(COS(=O)(=O)c2ccc(C)cc2)c([N+](=O)[O-])cc1C.Cc1ccc(S(=O)(=O)ON2C(=O)c3ccccc3C2=O)cc1.Cc1ccc(S(=O)(=O)ON=C(c2ccccc2)c2ccccc2)cc1.Cc1ccc(S(=O)(=O)[O-])cc1.c1ccc([I+]c2ccccc2)cc1. The van der Waals surface area contributed by atoms with Gasteiger partial charge in [0.05, 0.1) is 50.0 Å². The molecule has 1 aliphatic rings. The summed E-state index contributed by atoms with van der Waals surface area (Å²) >= 11 is 0.0287. The number of fused-ring (bicyclic) bond motifs is 1. The van der Waals surface area contributed by atoms with E-state index in [-0.39, 0.29) is 68.2 Å². The molecule has 95 heavy (non-hydrogen) atoms. The Morgan fingerprint density at radius 3 is 1.21 bits per heavy atom. The number of carbonyl (C=O) groups is 2. The highest BCUT2D eigenvalue weighted by Gasteiger charge is 2.40. The minimum Gasteiger partial charge on any atom is -0.744 e. The number of ether oxygens (including phenoxy) is 1. The zero-order valence-corrected chi connectivity index (χ0v) is 57.2. The second-order valence-electron chi connectivity index (χ2n) is 20.5. The van der Waals surface area contributed by atoms with E-state index in [1.165, 1.54) is 87.0 Å². The summed E-state index contributed by atoms with van der Waals surface area (Å²) in [6, 6.07) is 73.1. The maximum Gasteiger partial charge on any atom is 0.358 e. The third-order valence-corrected chi connectivity index (χ3v) is 20.5. The maximum atomic E-state index is 12.4. The molecule has 1 aliphatic heterocycles. The number of nitro benzene ring substituents is 1. The number of amides is 2. The molecule has 0 saturated carbocycles. The highest BCUT2D eigenvalue weighted by atomic mass is 127. The summed E-state index contributed by atoms with van der Waals surface area (Å²) in [4.78, 5) is 34.5. The number of hydrogen-bond donors (Lipinski definition) is 0. The molecule has 0 aromatic heterocycles. The number of benzene rings is 10. The number of methoxy groups -OCH3 is 1. The quantitative estimate of drug-likeness (QED) is 0.0156. The van der Waals surface area contributed by atoms with Gasteiger partial charge in [-0.15, -0.1) is 9.35 Å². The van der Waals surface area contributed by atoms with Gasteiger partial charge < -0.3 is 9.29 Å². The molecule has 2 amide bonds. The zero-order valence-electron chi connectivity index (χ0n) is 51.7. The molecule has 0 N–H and O–H groups in total. The molecule has 0 radical (unpaired) electrons. The molecule has 490 valence electrons. The van der Waals surface area contributed by atoms with Gasteiger partial charge in [0.1, 0.15) is 26.5 Å². The average Bonchev–Trinajstić information content (AvgIpc) is 1.67. The summed E-state index contributed by atoms with van der Waals surface area (Å²) in [6.45, 7) is 8.56. The van der Waals surface area contributed by atoms with Crippen LogP contribution < -0.4 is 25.9 Å². The van der Waals surface area contributed by atoms with Gasteiger partial charge in [0.25, 0.3) is 27.6 Å². The molecule has 25 heteroatoms. The van der Waals surface area contributed by atoms with Gasteiger partial charge in [-0.3, -0.25) is 28.2 Å². The summed E-state index contributed by atoms with van der Waals surface area (Å²) in [5, 5.41) is 15.4. The Labute approximate surface area is 562 Å². The normalized spacial score (nSPS) is 11.7. The van der Waals surface area contributed by atoms with Gasteiger partial charge in [-0.1, -0.05) is 185 Å². The third-order valence-electron chi connectivity index (χ3n) is 13.3. The minimum atomic E-state index is -4.27. The van der Waals surface area contributed by atoms with E-state index in [1.807, 2.05) is 81.4 Å². The van der Waals surface area contributed by atoms with E-state index in [4.69, 9.17) is 17.5 Å². The van der Waals surface area contributed by atoms with Crippen molar-refractivity contribution in [1.82, 2.24) is 5.06 Å². The largest absolute Gasteiger partial charge is 0.744 e. The molecule has 1 heterocycles. The highest BCUT2D eigenvalue weighted by molar-refractivity contribution is 7.87. The summed E-state index contributed by atoms with van der Waals surface area (Å²) in [7, 11) is -15.1. The smallest absolute Gasteiger partial charge is 0.358 e. The lowest BCUT2D eigenvalue weighted by molar-refractivity contribution is -0.597. The van der Waals surface area contributed by atoms with Crippen molar-refractivity contribution in [3.63, 3.8) is 0 Å². The number of hydroxylamine groups is 2. The van der Waals surface area contributed by atoms with E-state index >= 15 is 0 Å². The number of rotatable bonds is 17. The lowest BCUT2D eigenvalue weighted by Gasteiger charge is -2.13. The molecule has 0 saturated heterocycles. The molecular weight excluding hydrogens is 1410 g/mol. The Kier molecular flexibility index (Phi) is 25.7. The Balaban J connectivity index is 0.000000173. The lowest BCUT2D eigenvalue weighted by atomic mass is 10.0. The standard InChI is InChI=1S/C20H17NO3S.C16H17NO6S.C15H11NO5S.C12H10I.C7H8O3S/c1-16-12-14-19(15-13-16)25(22,23)24-21-20(17-8-4-2-5-9-17)18-10-6-3-7-11-18;1-11-4-6-14(7-5-11)24(20,21)23-10-13-9-16(22-3)12(2)8-15(13)17(18)19;1-10-6-8-11(9-7-10)22(19,20)21-16-14(17)12-4-2-3-5-13(12)15(16)18;1-3-7-11(8-4-1)13-12-9-5-2-6-10-12;1-6-2-4-7(5-3-6)11(8,9)10/h2-15H,1H3;4-9H,10H2,1-3H3;2-9H,1H3;1-10H;2-5H,1H3,(H,8,9,10)/q;;;+1;/p-1. The minimum absolute atomic E-state index is 0.00479. The molecule has 10 aromatic carbocycles. The predicted octanol–water partition coefficient (Wildman–Crippen LogP) is 9.90. The van der Waals surface area contributed by atoms with Crippen LogP contribution in [0.2, 0.25) is 0 Å². The Hall–Kier alpha value is -9.58. The van der Waals surface area contributed by atoms with Crippen LogP contribution in [-0.2, 0) is 59.8 Å². The van der Waals surface area contributed by atoms with E-state index < -0.39 is 63.8 Å². The van der Waals surface area contributed by atoms with E-state index in [1.54, 1.807) is 74.5 Å². The van der Waals surface area contributed by atoms with E-state index in [0.717, 1.165) is 33.4 Å². The van der Waals surface area contributed by atoms with Gasteiger partial charge >= 0.3 is 41.4 Å². The van der Waals surface area contributed by atoms with Crippen LogP contribution in [-0.4, -0.2) is 72.8 Å². The first-order valence-corrected chi connectivity index (χ1v) is 36.2. The summed E-state index contributed by atoms with van der Waals surface area (Å²) in [6.07, 6.45) is 0. The van der Waals surface area contributed by atoms with Crippen LogP contribution in [0.3, 0.4) is 0 Å². The molecule has 0 atom stereocenters. The maximum absolute atomic E-state index is 12.4. The Bertz CT molecular complexity index is 4660. The first kappa shape index (κ1) is 72.8. The molecule has 0 aliphatic carbocycles. The average molecular weight is 1470 g/mol. The zero-order chi connectivity index (χ0) is 68.9. The predicted molar refractivity (Wildman–Crippen MR) is 351 cm³/mol. The molecule has 11 rings (SSSR count). The van der Waals surface area contributed by atoms with E-state index in [0.29, 0.717) is 17.0 Å². The summed E-state index contributed by atoms with van der Waals surface area (Å²) in [5.74, 6) is -1.17. The molecule has 0 unspecified atom stereocenters. The number of aryl methyl sites for hydroxylation is 5. The van der Waals surface area contributed by atoms with Gasteiger partial charge in [0, 0.05) is 17.2 Å². The number of halogens is 1. The van der Waals surface area contributed by atoms with Crippen molar-refractivity contribution in [1.29, 1.82) is 0 Å². The van der Waals surface area contributed by atoms with Crippen LogP contribution in [0.4, 0.5) is 5.69 Å². The second-order valence-corrected chi connectivity index (χ2v) is 29.6. The number of nitrogens with zero attached hydrogens (tertiary/aromatic N) is 3. The number of hydrogen-bond acceptors (Lipinski definition) is 18. The monoisotopic (exact) mass is 1470 g/mol. The van der Waals surface area contributed by atoms with Gasteiger partial charge in [0.2, 0.25) is 0 Å². The fraction of sp³-hybridized carbons (Fsp3) is 0.100. The van der Waals surface area contributed by atoms with Crippen molar-refractivity contribution in [3.8, 4) is 5.75 Å². The van der Waals surface area contributed by atoms with Crippen molar-refractivity contribution >= 4 is 63.7 Å². The molecule has 0 spiro atoms. The van der Waals surface area contributed by atoms with Crippen LogP contribution in [0.5, 0.6) is 5.75 Å². The van der Waals surface area contributed by atoms with Gasteiger partial charge in [-0.05, 0) is 131 Å². The van der Waals surface area contributed by atoms with Crippen molar-refractivity contribution < 1.29 is 91.4 Å². The van der Waals surface area contributed by atoms with Crippen molar-refractivity contribution in [3.05, 3.63) is 328 Å². The first-order chi connectivity index (χ1) is 45.1. The molecular formula is C70H62IN3O17S4. The van der Waals surface area contributed by atoms with Crippen LogP contribution in [0.1, 0.15) is 65.2 Å². The number of carbonyl (C=O) groups excluding carboxylic acids is 2. The van der Waals surface area contributed by atoms with E-state index in [9.17, 15) is 57.9 Å². The molecule has 20 nitrogen and oxygen atoms in total. The lowest BCUT2D eigenvalue weighted by Crippen LogP contribution is -3.61. The van der Waals surface area contributed by atoms with E-state index in [2.05, 4.69) is 65.8 Å². The van der Waals surface area contributed by atoms with Gasteiger partial charge in [-0.25, -0.2) is 8.42 Å². The first-order valence-electron chi connectivity index (χ1n) is 28.4. The van der Waals surface area contributed by atoms with Crippen LogP contribution in [0.15, 0.2) is 280 Å². The molecule has 10 aromatic rings. The summed E-state index contributed by atoms with van der Waals surface area (Å²) < 4.78 is 127. The highest BCUT2D eigenvalue weighted by Crippen LogP contribution is 2.30. The second kappa shape index (κ2) is 33.5. The van der Waals surface area contributed by atoms with Crippen LogP contribution >= 0.6 is 0 Å². The topological polar surface area (TPSA) is 289 Å². The van der Waals surface area contributed by atoms with Gasteiger partial charge in [-0.2, -0.15) is 25.3 Å². The van der Waals surface area contributed by atoms with Crippen molar-refractivity contribution in [2.24, 2.45) is 5.16 Å². The third kappa shape index (κ3) is 21.2. The van der Waals surface area contributed by atoms with Gasteiger partial charge in [0.15, 0.2) is 7.14 Å². The van der Waals surface area contributed by atoms with Crippen molar-refractivity contribution in [2.75, 3.05) is 7.11 Å². The molecule has 0 bridgehead atoms. The number of nitro groups is 1. The fourth-order valence-electron chi connectivity index (χ4n) is 8.30. The molecule has 0 fully saturated rings.